The largest absolute Gasteiger partial charge is 0.478 e. The van der Waals surface area contributed by atoms with Gasteiger partial charge in [-0.25, -0.2) is 9.78 Å². The lowest BCUT2D eigenvalue weighted by Gasteiger charge is -2.30. The van der Waals surface area contributed by atoms with Gasteiger partial charge in [0.15, 0.2) is 0 Å². The second kappa shape index (κ2) is 6.90. The number of hydrogen-bond acceptors (Lipinski definition) is 4. The topological polar surface area (TPSA) is 82.5 Å². The monoisotopic (exact) mass is 298 g/mol. The van der Waals surface area contributed by atoms with Crippen molar-refractivity contribution < 1.29 is 15.0 Å². The number of halogens is 1. The summed E-state index contributed by atoms with van der Waals surface area (Å²) in [4.78, 5) is 14.9. The number of hydrogen-bond donors (Lipinski definition) is 3. The lowest BCUT2D eigenvalue weighted by atomic mass is 9.79. The van der Waals surface area contributed by atoms with Crippen LogP contribution in [0.25, 0.3) is 0 Å². The molecule has 6 heteroatoms. The molecule has 0 radical (unpaired) electrons. The van der Waals surface area contributed by atoms with E-state index >= 15 is 0 Å². The fourth-order valence-corrected chi connectivity index (χ4v) is 2.94. The number of carbonyl (C=O) groups is 1. The van der Waals surface area contributed by atoms with Gasteiger partial charge in [0.25, 0.3) is 0 Å². The summed E-state index contributed by atoms with van der Waals surface area (Å²) in [5.41, 5.74) is 0.0754. The number of nitrogens with zero attached hydrogens (tertiary/aromatic N) is 1. The van der Waals surface area contributed by atoms with Crippen LogP contribution in [-0.4, -0.2) is 34.3 Å². The van der Waals surface area contributed by atoms with Crippen molar-refractivity contribution in [2.24, 2.45) is 11.8 Å². The van der Waals surface area contributed by atoms with Crippen molar-refractivity contribution >= 4 is 23.4 Å². The van der Waals surface area contributed by atoms with Crippen molar-refractivity contribution in [3.63, 3.8) is 0 Å². The average Bonchev–Trinajstić information content (AvgIpc) is 2.46. The zero-order valence-electron chi connectivity index (χ0n) is 11.2. The van der Waals surface area contributed by atoms with Gasteiger partial charge in [0, 0.05) is 19.3 Å². The van der Waals surface area contributed by atoms with E-state index in [0.29, 0.717) is 29.2 Å². The minimum absolute atomic E-state index is 0.0754. The van der Waals surface area contributed by atoms with E-state index in [9.17, 15) is 9.90 Å². The van der Waals surface area contributed by atoms with Crippen LogP contribution in [0.3, 0.4) is 0 Å². The Morgan fingerprint density at radius 2 is 2.10 bits per heavy atom. The Morgan fingerprint density at radius 1 is 1.40 bits per heavy atom. The number of anilines is 1. The maximum absolute atomic E-state index is 10.8. The molecule has 0 saturated heterocycles. The van der Waals surface area contributed by atoms with Crippen molar-refractivity contribution in [1.82, 2.24) is 4.98 Å². The summed E-state index contributed by atoms with van der Waals surface area (Å²) < 4.78 is 0. The molecule has 110 valence electrons. The van der Waals surface area contributed by atoms with Gasteiger partial charge < -0.3 is 15.5 Å². The van der Waals surface area contributed by atoms with Crippen LogP contribution < -0.4 is 5.32 Å². The molecule has 0 bridgehead atoms. The molecule has 5 nitrogen and oxygen atoms in total. The fraction of sp³-hybridized carbons (Fsp3) is 0.571. The normalized spacial score (nSPS) is 22.5. The Balaban J connectivity index is 1.98. The molecular formula is C14H19ClN2O3. The standard InChI is InChI=1S/C14H19ClN2O3/c15-12-5-11(14(19)20)7-17-13(12)16-6-9-3-1-2-4-10(9)8-18/h5,7,9-10,18H,1-4,6,8H2,(H,16,17)(H,19,20). The third-order valence-electron chi connectivity index (χ3n) is 3.92. The van der Waals surface area contributed by atoms with Gasteiger partial charge in [-0.3, -0.25) is 0 Å². The molecule has 0 amide bonds. The molecule has 0 aromatic carbocycles. The number of aromatic carboxylic acids is 1. The molecule has 1 aliphatic carbocycles. The molecule has 1 aromatic rings. The Kier molecular flexibility index (Phi) is 5.20. The number of carboxylic acid groups (broad SMARTS) is 1. The molecule has 20 heavy (non-hydrogen) atoms. The smallest absolute Gasteiger partial charge is 0.337 e. The maximum atomic E-state index is 10.8. The van der Waals surface area contributed by atoms with Crippen LogP contribution in [0, 0.1) is 11.8 Å². The summed E-state index contributed by atoms with van der Waals surface area (Å²) in [6, 6.07) is 1.39. The Hall–Kier alpha value is -1.33. The third-order valence-corrected chi connectivity index (χ3v) is 4.21. The zero-order chi connectivity index (χ0) is 14.5. The van der Waals surface area contributed by atoms with E-state index in [1.54, 1.807) is 0 Å². The summed E-state index contributed by atoms with van der Waals surface area (Å²) in [7, 11) is 0. The quantitative estimate of drug-likeness (QED) is 0.778. The molecule has 2 rings (SSSR count). The van der Waals surface area contributed by atoms with Crippen LogP contribution in [-0.2, 0) is 0 Å². The molecule has 1 aliphatic rings. The first kappa shape index (κ1) is 15.1. The average molecular weight is 299 g/mol. The summed E-state index contributed by atoms with van der Waals surface area (Å²) in [6.45, 7) is 0.913. The number of rotatable bonds is 5. The van der Waals surface area contributed by atoms with Crippen LogP contribution in [0.15, 0.2) is 12.3 Å². The highest BCUT2D eigenvalue weighted by molar-refractivity contribution is 6.33. The molecule has 2 atom stereocenters. The number of carboxylic acids is 1. The van der Waals surface area contributed by atoms with E-state index in [0.717, 1.165) is 12.8 Å². The molecule has 1 heterocycles. The van der Waals surface area contributed by atoms with E-state index in [4.69, 9.17) is 16.7 Å². The van der Waals surface area contributed by atoms with Crippen LogP contribution >= 0.6 is 11.6 Å². The van der Waals surface area contributed by atoms with Crippen molar-refractivity contribution in [1.29, 1.82) is 0 Å². The highest BCUT2D eigenvalue weighted by Crippen LogP contribution is 2.30. The van der Waals surface area contributed by atoms with Gasteiger partial charge >= 0.3 is 5.97 Å². The first-order valence-electron chi connectivity index (χ1n) is 6.85. The van der Waals surface area contributed by atoms with Gasteiger partial charge in [0.1, 0.15) is 5.82 Å². The van der Waals surface area contributed by atoms with Crippen molar-refractivity contribution in [3.05, 3.63) is 22.8 Å². The second-order valence-electron chi connectivity index (χ2n) is 5.23. The van der Waals surface area contributed by atoms with Gasteiger partial charge in [-0.05, 0) is 30.7 Å². The minimum atomic E-state index is -1.04. The lowest BCUT2D eigenvalue weighted by Crippen LogP contribution is -2.28. The number of aliphatic hydroxyl groups excluding tert-OH is 1. The fourth-order valence-electron chi connectivity index (χ4n) is 2.71. The second-order valence-corrected chi connectivity index (χ2v) is 5.63. The predicted octanol–water partition coefficient (Wildman–Crippen LogP) is 2.64. The molecule has 2 unspecified atom stereocenters. The van der Waals surface area contributed by atoms with Crippen LogP contribution in [0.2, 0.25) is 5.02 Å². The predicted molar refractivity (Wildman–Crippen MR) is 77.2 cm³/mol. The molecule has 1 saturated carbocycles. The first-order valence-corrected chi connectivity index (χ1v) is 7.23. The molecule has 0 aliphatic heterocycles. The van der Waals surface area contributed by atoms with Crippen molar-refractivity contribution in [3.8, 4) is 0 Å². The van der Waals surface area contributed by atoms with Gasteiger partial charge in [-0.2, -0.15) is 0 Å². The van der Waals surface area contributed by atoms with E-state index < -0.39 is 5.97 Å². The zero-order valence-corrected chi connectivity index (χ0v) is 11.9. The lowest BCUT2D eigenvalue weighted by molar-refractivity contribution is 0.0696. The number of pyridine rings is 1. The van der Waals surface area contributed by atoms with Gasteiger partial charge in [0.2, 0.25) is 0 Å². The summed E-state index contributed by atoms with van der Waals surface area (Å²) in [5.74, 6) is 0.191. The van der Waals surface area contributed by atoms with Crippen LogP contribution in [0.4, 0.5) is 5.82 Å². The first-order chi connectivity index (χ1) is 9.61. The summed E-state index contributed by atoms with van der Waals surface area (Å²) >= 11 is 6.02. The van der Waals surface area contributed by atoms with E-state index in [-0.39, 0.29) is 12.2 Å². The number of aromatic nitrogens is 1. The van der Waals surface area contributed by atoms with Gasteiger partial charge in [-0.15, -0.1) is 0 Å². The number of nitrogens with one attached hydrogen (secondary N) is 1. The molecule has 1 fully saturated rings. The Morgan fingerprint density at radius 3 is 2.70 bits per heavy atom. The number of aliphatic hydroxyl groups is 1. The molecular weight excluding hydrogens is 280 g/mol. The van der Waals surface area contributed by atoms with E-state index in [2.05, 4.69) is 10.3 Å². The van der Waals surface area contributed by atoms with Crippen LogP contribution in [0.5, 0.6) is 0 Å². The minimum Gasteiger partial charge on any atom is -0.478 e. The van der Waals surface area contributed by atoms with Gasteiger partial charge in [-0.1, -0.05) is 24.4 Å². The van der Waals surface area contributed by atoms with Crippen LogP contribution in [0.1, 0.15) is 36.0 Å². The summed E-state index contributed by atoms with van der Waals surface area (Å²) in [5, 5.41) is 21.7. The molecule has 1 aromatic heterocycles. The third kappa shape index (κ3) is 3.61. The van der Waals surface area contributed by atoms with E-state index in [1.807, 2.05) is 0 Å². The Bertz CT molecular complexity index is 481. The maximum Gasteiger partial charge on any atom is 0.337 e. The van der Waals surface area contributed by atoms with Crippen molar-refractivity contribution in [2.75, 3.05) is 18.5 Å². The molecule has 0 spiro atoms. The highest BCUT2D eigenvalue weighted by atomic mass is 35.5. The highest BCUT2D eigenvalue weighted by Gasteiger charge is 2.24. The molecule has 3 N–H and O–H groups in total. The van der Waals surface area contributed by atoms with Gasteiger partial charge in [0.05, 0.1) is 10.6 Å². The summed E-state index contributed by atoms with van der Waals surface area (Å²) in [6.07, 6.45) is 5.79. The van der Waals surface area contributed by atoms with E-state index in [1.165, 1.54) is 25.1 Å². The van der Waals surface area contributed by atoms with Crippen molar-refractivity contribution in [2.45, 2.75) is 25.7 Å². The SMILES string of the molecule is O=C(O)c1cnc(NCC2CCCCC2CO)c(Cl)c1. The Labute approximate surface area is 123 Å².